The van der Waals surface area contributed by atoms with Crippen molar-refractivity contribution in [2.45, 2.75) is 25.9 Å². The van der Waals surface area contributed by atoms with Crippen LogP contribution >= 0.6 is 22.7 Å². The Morgan fingerprint density at radius 2 is 2.22 bits per heavy atom. The van der Waals surface area contributed by atoms with E-state index in [4.69, 9.17) is 0 Å². The van der Waals surface area contributed by atoms with Crippen molar-refractivity contribution < 1.29 is 4.79 Å². The van der Waals surface area contributed by atoms with E-state index in [1.807, 2.05) is 27.8 Å². The molecule has 0 spiro atoms. The highest BCUT2D eigenvalue weighted by atomic mass is 32.1. The van der Waals surface area contributed by atoms with Crippen molar-refractivity contribution in [2.75, 3.05) is 6.54 Å². The Balaban J connectivity index is 1.62. The van der Waals surface area contributed by atoms with E-state index >= 15 is 0 Å². The van der Waals surface area contributed by atoms with Gasteiger partial charge in [-0.1, -0.05) is 13.0 Å². The standard InChI is InChI=1S/C17H17N3OS2/c1-2-13-14-5-3-7-19(14)8-9-20(13)17(21)12-11-23-16(18-12)15-6-4-10-22-15/h3-7,10-11,13H,2,8-9H2,1H3. The number of amides is 1. The Kier molecular flexibility index (Phi) is 3.79. The average Bonchev–Trinajstić information content (AvgIpc) is 3.32. The SMILES string of the molecule is CCC1c2cccn2CCN1C(=O)c1csc(-c2cccs2)n1. The summed E-state index contributed by atoms with van der Waals surface area (Å²) < 4.78 is 2.25. The number of thiazole rings is 1. The number of nitrogens with zero attached hydrogens (tertiary/aromatic N) is 3. The van der Waals surface area contributed by atoms with E-state index in [1.54, 1.807) is 22.7 Å². The molecule has 3 aromatic rings. The van der Waals surface area contributed by atoms with Gasteiger partial charge >= 0.3 is 0 Å². The van der Waals surface area contributed by atoms with Crippen molar-refractivity contribution in [1.82, 2.24) is 14.5 Å². The maximum absolute atomic E-state index is 12.9. The summed E-state index contributed by atoms with van der Waals surface area (Å²) in [5.74, 6) is 0.0448. The predicted molar refractivity (Wildman–Crippen MR) is 93.9 cm³/mol. The molecule has 1 amide bonds. The highest BCUT2D eigenvalue weighted by molar-refractivity contribution is 7.20. The minimum Gasteiger partial charge on any atom is -0.348 e. The summed E-state index contributed by atoms with van der Waals surface area (Å²) in [5.41, 5.74) is 1.79. The molecule has 0 N–H and O–H groups in total. The second-order valence-corrected chi connectivity index (χ2v) is 7.37. The zero-order valence-corrected chi connectivity index (χ0v) is 14.4. The molecule has 4 nitrogen and oxygen atoms in total. The van der Waals surface area contributed by atoms with Gasteiger partial charge in [-0.15, -0.1) is 22.7 Å². The van der Waals surface area contributed by atoms with E-state index < -0.39 is 0 Å². The van der Waals surface area contributed by atoms with Gasteiger partial charge in [-0.25, -0.2) is 4.98 Å². The fourth-order valence-corrected chi connectivity index (χ4v) is 4.78. The molecule has 4 rings (SSSR count). The molecule has 4 heterocycles. The third-order valence-electron chi connectivity index (χ3n) is 4.27. The van der Waals surface area contributed by atoms with Crippen LogP contribution in [0.2, 0.25) is 0 Å². The molecule has 0 aliphatic carbocycles. The van der Waals surface area contributed by atoms with Gasteiger partial charge in [0.05, 0.1) is 10.9 Å². The van der Waals surface area contributed by atoms with Crippen LogP contribution in [0.1, 0.15) is 35.6 Å². The molecule has 1 unspecified atom stereocenters. The van der Waals surface area contributed by atoms with Crippen molar-refractivity contribution in [2.24, 2.45) is 0 Å². The lowest BCUT2D eigenvalue weighted by molar-refractivity contribution is 0.0612. The van der Waals surface area contributed by atoms with Gasteiger partial charge in [0.25, 0.3) is 5.91 Å². The number of aromatic nitrogens is 2. The lowest BCUT2D eigenvalue weighted by Crippen LogP contribution is -2.41. The summed E-state index contributed by atoms with van der Waals surface area (Å²) in [7, 11) is 0. The number of carbonyl (C=O) groups is 1. The van der Waals surface area contributed by atoms with Crippen molar-refractivity contribution in [3.63, 3.8) is 0 Å². The largest absolute Gasteiger partial charge is 0.348 e. The van der Waals surface area contributed by atoms with E-state index in [0.29, 0.717) is 5.69 Å². The van der Waals surface area contributed by atoms with Crippen LogP contribution in [0.15, 0.2) is 41.2 Å². The molecule has 0 fully saturated rings. The summed E-state index contributed by atoms with van der Waals surface area (Å²) in [6.45, 7) is 3.73. The number of hydrogen-bond donors (Lipinski definition) is 0. The van der Waals surface area contributed by atoms with Gasteiger partial charge in [-0.2, -0.15) is 0 Å². The smallest absolute Gasteiger partial charge is 0.273 e. The van der Waals surface area contributed by atoms with Crippen LogP contribution in [-0.2, 0) is 6.54 Å². The zero-order chi connectivity index (χ0) is 15.8. The molecule has 0 radical (unpaired) electrons. The van der Waals surface area contributed by atoms with Gasteiger partial charge in [0.2, 0.25) is 0 Å². The second-order valence-electron chi connectivity index (χ2n) is 5.56. The minimum atomic E-state index is 0.0448. The molecule has 118 valence electrons. The van der Waals surface area contributed by atoms with Crippen LogP contribution in [0, 0.1) is 0 Å². The van der Waals surface area contributed by atoms with Crippen molar-refractivity contribution >= 4 is 28.6 Å². The number of hydrogen-bond acceptors (Lipinski definition) is 4. The van der Waals surface area contributed by atoms with Gasteiger partial charge < -0.3 is 9.47 Å². The van der Waals surface area contributed by atoms with Crippen LogP contribution in [0.25, 0.3) is 9.88 Å². The first kappa shape index (κ1) is 14.7. The molecule has 23 heavy (non-hydrogen) atoms. The van der Waals surface area contributed by atoms with Crippen molar-refractivity contribution in [1.29, 1.82) is 0 Å². The zero-order valence-electron chi connectivity index (χ0n) is 12.8. The highest BCUT2D eigenvalue weighted by Gasteiger charge is 2.31. The third-order valence-corrected chi connectivity index (χ3v) is 6.15. The van der Waals surface area contributed by atoms with E-state index in [9.17, 15) is 4.79 Å². The topological polar surface area (TPSA) is 38.1 Å². The van der Waals surface area contributed by atoms with Crippen molar-refractivity contribution in [3.05, 3.63) is 52.6 Å². The van der Waals surface area contributed by atoms with Gasteiger partial charge in [-0.05, 0) is 30.0 Å². The fourth-order valence-electron chi connectivity index (χ4n) is 3.17. The number of fused-ring (bicyclic) bond motifs is 1. The minimum absolute atomic E-state index is 0.0448. The van der Waals surface area contributed by atoms with Gasteiger partial charge in [0.1, 0.15) is 10.7 Å². The monoisotopic (exact) mass is 343 g/mol. The first-order chi connectivity index (χ1) is 11.3. The lowest BCUT2D eigenvalue weighted by atomic mass is 10.1. The summed E-state index contributed by atoms with van der Waals surface area (Å²) in [6, 6.07) is 8.36. The van der Waals surface area contributed by atoms with E-state index in [0.717, 1.165) is 29.4 Å². The van der Waals surface area contributed by atoms with Crippen LogP contribution in [0.3, 0.4) is 0 Å². The molecule has 3 aromatic heterocycles. The fraction of sp³-hybridized carbons (Fsp3) is 0.294. The summed E-state index contributed by atoms with van der Waals surface area (Å²) in [5, 5.41) is 4.85. The van der Waals surface area contributed by atoms with E-state index in [1.165, 1.54) is 5.69 Å². The van der Waals surface area contributed by atoms with Gasteiger partial charge in [-0.3, -0.25) is 4.79 Å². The predicted octanol–water partition coefficient (Wildman–Crippen LogP) is 4.28. The third kappa shape index (κ3) is 2.52. The highest BCUT2D eigenvalue weighted by Crippen LogP contribution is 2.32. The average molecular weight is 343 g/mol. The molecule has 1 atom stereocenters. The molecule has 0 bridgehead atoms. The molecule has 1 aliphatic heterocycles. The Morgan fingerprint density at radius 1 is 1.30 bits per heavy atom. The van der Waals surface area contributed by atoms with Crippen LogP contribution in [0.4, 0.5) is 0 Å². The Bertz CT molecular complexity index is 819. The van der Waals surface area contributed by atoms with E-state index in [-0.39, 0.29) is 11.9 Å². The summed E-state index contributed by atoms with van der Waals surface area (Å²) in [4.78, 5) is 20.6. The first-order valence-corrected chi connectivity index (χ1v) is 9.49. The molecule has 0 aromatic carbocycles. The lowest BCUT2D eigenvalue weighted by Gasteiger charge is -2.36. The molecule has 0 saturated carbocycles. The van der Waals surface area contributed by atoms with Gasteiger partial charge in [0, 0.05) is 30.4 Å². The Hall–Kier alpha value is -1.92. The summed E-state index contributed by atoms with van der Waals surface area (Å²) in [6.07, 6.45) is 3.01. The van der Waals surface area contributed by atoms with Crippen LogP contribution < -0.4 is 0 Å². The first-order valence-electron chi connectivity index (χ1n) is 7.73. The number of carbonyl (C=O) groups excluding carboxylic acids is 1. The molecular weight excluding hydrogens is 326 g/mol. The molecule has 6 heteroatoms. The van der Waals surface area contributed by atoms with Crippen molar-refractivity contribution in [3.8, 4) is 9.88 Å². The Morgan fingerprint density at radius 3 is 3.00 bits per heavy atom. The summed E-state index contributed by atoms with van der Waals surface area (Å²) >= 11 is 3.20. The number of thiophene rings is 1. The van der Waals surface area contributed by atoms with Crippen LogP contribution in [-0.4, -0.2) is 26.9 Å². The quantitative estimate of drug-likeness (QED) is 0.712. The molecule has 1 aliphatic rings. The van der Waals surface area contributed by atoms with E-state index in [2.05, 4.69) is 34.8 Å². The Labute approximate surface area is 143 Å². The second kappa shape index (κ2) is 5.94. The normalized spacial score (nSPS) is 17.3. The van der Waals surface area contributed by atoms with Gasteiger partial charge in [0.15, 0.2) is 0 Å². The molecule has 0 saturated heterocycles. The molecular formula is C17H17N3OS2. The van der Waals surface area contributed by atoms with Crippen LogP contribution in [0.5, 0.6) is 0 Å². The number of rotatable bonds is 3. The maximum atomic E-state index is 12.9. The maximum Gasteiger partial charge on any atom is 0.273 e.